The Morgan fingerprint density at radius 2 is 1.75 bits per heavy atom. The molecule has 0 unspecified atom stereocenters. The van der Waals surface area contributed by atoms with E-state index in [2.05, 4.69) is 0 Å². The third kappa shape index (κ3) is 1.61. The maximum absolute atomic E-state index is 8.96. The predicted molar refractivity (Wildman–Crippen MR) is 42.6 cm³/mol. The van der Waals surface area contributed by atoms with E-state index in [0.717, 1.165) is 0 Å². The molecule has 1 fully saturated rings. The number of ether oxygens (including phenoxy) is 2. The van der Waals surface area contributed by atoms with Gasteiger partial charge in [0.25, 0.3) is 0 Å². The van der Waals surface area contributed by atoms with Gasteiger partial charge in [-0.3, -0.25) is 0 Å². The average molecular weight is 176 g/mol. The van der Waals surface area contributed by atoms with Crippen molar-refractivity contribution in [1.82, 2.24) is 0 Å². The van der Waals surface area contributed by atoms with E-state index in [-0.39, 0.29) is 19.1 Å². The maximum atomic E-state index is 8.96. The Bertz CT molecular complexity index is 127. The minimum absolute atomic E-state index is 0.107. The molecule has 1 aliphatic heterocycles. The Hall–Kier alpha value is -0.160. The van der Waals surface area contributed by atoms with Crippen molar-refractivity contribution >= 4 is 0 Å². The molecule has 1 rings (SSSR count). The lowest BCUT2D eigenvalue weighted by Gasteiger charge is -2.32. The van der Waals surface area contributed by atoms with Crippen LogP contribution in [0.15, 0.2) is 0 Å². The SMILES string of the molecule is CCC1(C(CO)CO)OCCO1. The summed E-state index contributed by atoms with van der Waals surface area (Å²) in [4.78, 5) is 0. The normalized spacial score (nSPS) is 22.0. The van der Waals surface area contributed by atoms with Crippen LogP contribution in [0.5, 0.6) is 0 Å². The Morgan fingerprint density at radius 3 is 2.08 bits per heavy atom. The fraction of sp³-hybridized carbons (Fsp3) is 1.00. The molecule has 0 atom stereocenters. The standard InChI is InChI=1S/C8H16O4/c1-2-8(7(5-9)6-10)11-3-4-12-8/h7,9-10H,2-6H2,1H3. The summed E-state index contributed by atoms with van der Waals surface area (Å²) < 4.78 is 10.8. The molecule has 0 amide bonds. The van der Waals surface area contributed by atoms with Crippen molar-refractivity contribution in [3.8, 4) is 0 Å². The zero-order chi connectivity index (χ0) is 9.03. The lowest BCUT2D eigenvalue weighted by molar-refractivity contribution is -0.212. The summed E-state index contributed by atoms with van der Waals surface area (Å²) in [5.74, 6) is -1.08. The zero-order valence-corrected chi connectivity index (χ0v) is 7.32. The first kappa shape index (κ1) is 9.92. The highest BCUT2D eigenvalue weighted by atomic mass is 16.7. The zero-order valence-electron chi connectivity index (χ0n) is 7.32. The second kappa shape index (κ2) is 4.18. The van der Waals surface area contributed by atoms with Crippen molar-refractivity contribution in [2.45, 2.75) is 19.1 Å². The Labute approximate surface area is 72.1 Å². The topological polar surface area (TPSA) is 58.9 Å². The lowest BCUT2D eigenvalue weighted by Crippen LogP contribution is -2.42. The van der Waals surface area contributed by atoms with Crippen molar-refractivity contribution in [2.24, 2.45) is 5.92 Å². The van der Waals surface area contributed by atoms with Crippen molar-refractivity contribution in [3.63, 3.8) is 0 Å². The molecule has 0 bridgehead atoms. The molecule has 0 spiro atoms. The van der Waals surface area contributed by atoms with Gasteiger partial charge in [0.2, 0.25) is 0 Å². The molecule has 4 nitrogen and oxygen atoms in total. The van der Waals surface area contributed by atoms with Gasteiger partial charge in [-0.25, -0.2) is 0 Å². The fourth-order valence-electron chi connectivity index (χ4n) is 1.53. The van der Waals surface area contributed by atoms with E-state index in [1.807, 2.05) is 6.92 Å². The van der Waals surface area contributed by atoms with Gasteiger partial charge in [-0.1, -0.05) is 6.92 Å². The third-order valence-electron chi connectivity index (χ3n) is 2.33. The summed E-state index contributed by atoms with van der Waals surface area (Å²) in [5, 5.41) is 17.9. The minimum Gasteiger partial charge on any atom is -0.396 e. The minimum atomic E-state index is -0.747. The van der Waals surface area contributed by atoms with Crippen LogP contribution in [0, 0.1) is 5.92 Å². The number of aliphatic hydroxyl groups excluding tert-OH is 2. The molecule has 0 saturated carbocycles. The largest absolute Gasteiger partial charge is 0.396 e. The van der Waals surface area contributed by atoms with Gasteiger partial charge in [0.1, 0.15) is 0 Å². The molecule has 0 aliphatic carbocycles. The van der Waals surface area contributed by atoms with E-state index in [4.69, 9.17) is 19.7 Å². The van der Waals surface area contributed by atoms with Gasteiger partial charge in [-0.2, -0.15) is 0 Å². The Kier molecular flexibility index (Phi) is 3.46. The van der Waals surface area contributed by atoms with Gasteiger partial charge in [0, 0.05) is 0 Å². The average Bonchev–Trinajstić information content (AvgIpc) is 2.56. The highest BCUT2D eigenvalue weighted by molar-refractivity contribution is 4.80. The highest BCUT2D eigenvalue weighted by Crippen LogP contribution is 2.31. The molecule has 0 aromatic rings. The molecule has 1 heterocycles. The monoisotopic (exact) mass is 176 g/mol. The lowest BCUT2D eigenvalue weighted by atomic mass is 9.98. The van der Waals surface area contributed by atoms with Crippen LogP contribution in [0.25, 0.3) is 0 Å². The summed E-state index contributed by atoms with van der Waals surface area (Å²) in [6.45, 7) is 2.80. The quantitative estimate of drug-likeness (QED) is 0.619. The van der Waals surface area contributed by atoms with Crippen LogP contribution in [-0.4, -0.2) is 42.4 Å². The summed E-state index contributed by atoms with van der Waals surface area (Å²) in [6, 6.07) is 0. The number of aliphatic hydroxyl groups is 2. The smallest absolute Gasteiger partial charge is 0.175 e. The van der Waals surface area contributed by atoms with Crippen LogP contribution in [0.4, 0.5) is 0 Å². The summed E-state index contributed by atoms with van der Waals surface area (Å²) >= 11 is 0. The number of rotatable bonds is 4. The van der Waals surface area contributed by atoms with Crippen LogP contribution in [0.3, 0.4) is 0 Å². The third-order valence-corrected chi connectivity index (χ3v) is 2.33. The van der Waals surface area contributed by atoms with E-state index < -0.39 is 5.79 Å². The fourth-order valence-corrected chi connectivity index (χ4v) is 1.53. The van der Waals surface area contributed by atoms with Gasteiger partial charge < -0.3 is 19.7 Å². The van der Waals surface area contributed by atoms with E-state index in [9.17, 15) is 0 Å². The van der Waals surface area contributed by atoms with Crippen LogP contribution < -0.4 is 0 Å². The van der Waals surface area contributed by atoms with E-state index in [1.54, 1.807) is 0 Å². The van der Waals surface area contributed by atoms with E-state index in [1.165, 1.54) is 0 Å². The first-order valence-corrected chi connectivity index (χ1v) is 4.28. The van der Waals surface area contributed by atoms with Crippen molar-refractivity contribution < 1.29 is 19.7 Å². The van der Waals surface area contributed by atoms with Crippen LogP contribution >= 0.6 is 0 Å². The molecule has 0 radical (unpaired) electrons. The van der Waals surface area contributed by atoms with E-state index in [0.29, 0.717) is 19.6 Å². The summed E-state index contributed by atoms with van der Waals surface area (Å²) in [6.07, 6.45) is 0.652. The van der Waals surface area contributed by atoms with Crippen LogP contribution in [0.1, 0.15) is 13.3 Å². The van der Waals surface area contributed by atoms with Gasteiger partial charge in [0.15, 0.2) is 5.79 Å². The maximum Gasteiger partial charge on any atom is 0.175 e. The molecule has 12 heavy (non-hydrogen) atoms. The molecule has 1 aliphatic rings. The summed E-state index contributed by atoms with van der Waals surface area (Å²) in [7, 11) is 0. The Balaban J connectivity index is 2.63. The molecule has 0 aromatic heterocycles. The molecular formula is C8H16O4. The van der Waals surface area contributed by atoms with Crippen LogP contribution in [0.2, 0.25) is 0 Å². The molecule has 2 N–H and O–H groups in total. The first-order valence-electron chi connectivity index (χ1n) is 4.28. The molecular weight excluding hydrogens is 160 g/mol. The van der Waals surface area contributed by atoms with Gasteiger partial charge >= 0.3 is 0 Å². The summed E-state index contributed by atoms with van der Waals surface area (Å²) in [5.41, 5.74) is 0. The van der Waals surface area contributed by atoms with Gasteiger partial charge in [0.05, 0.1) is 32.3 Å². The van der Waals surface area contributed by atoms with E-state index >= 15 is 0 Å². The first-order chi connectivity index (χ1) is 5.79. The second-order valence-electron chi connectivity index (χ2n) is 2.92. The van der Waals surface area contributed by atoms with Crippen molar-refractivity contribution in [1.29, 1.82) is 0 Å². The highest BCUT2D eigenvalue weighted by Gasteiger charge is 2.42. The number of hydrogen-bond acceptors (Lipinski definition) is 4. The molecule has 0 aromatic carbocycles. The molecule has 4 heteroatoms. The molecule has 1 saturated heterocycles. The van der Waals surface area contributed by atoms with Crippen LogP contribution in [-0.2, 0) is 9.47 Å². The van der Waals surface area contributed by atoms with Crippen molar-refractivity contribution in [2.75, 3.05) is 26.4 Å². The van der Waals surface area contributed by atoms with Gasteiger partial charge in [-0.15, -0.1) is 0 Å². The second-order valence-corrected chi connectivity index (χ2v) is 2.92. The Morgan fingerprint density at radius 1 is 1.25 bits per heavy atom. The molecule has 72 valence electrons. The predicted octanol–water partition coefficient (Wildman–Crippen LogP) is -0.260. The number of hydrogen-bond donors (Lipinski definition) is 2. The van der Waals surface area contributed by atoms with Crippen molar-refractivity contribution in [3.05, 3.63) is 0 Å². The van der Waals surface area contributed by atoms with Gasteiger partial charge in [-0.05, 0) is 6.42 Å².